The zero-order valence-electron chi connectivity index (χ0n) is 9.56. The van der Waals surface area contributed by atoms with Crippen LogP contribution in [0.3, 0.4) is 0 Å². The highest BCUT2D eigenvalue weighted by Crippen LogP contribution is 2.23. The van der Waals surface area contributed by atoms with Gasteiger partial charge in [-0.15, -0.1) is 0 Å². The number of aromatic nitrogens is 2. The first-order chi connectivity index (χ1) is 8.70. The molecule has 0 unspecified atom stereocenters. The highest BCUT2D eigenvalue weighted by Gasteiger charge is 2.07. The van der Waals surface area contributed by atoms with E-state index in [1.54, 1.807) is 18.2 Å². The topological polar surface area (TPSA) is 44.2 Å². The second-order valence-electron chi connectivity index (χ2n) is 3.39. The molecule has 1 heterocycles. The van der Waals surface area contributed by atoms with E-state index in [1.165, 1.54) is 19.4 Å². The molecule has 4 nitrogen and oxygen atoms in total. The van der Waals surface area contributed by atoms with E-state index in [2.05, 4.69) is 25.9 Å². The number of halogens is 2. The summed E-state index contributed by atoms with van der Waals surface area (Å²) in [6.07, 6.45) is 1.52. The van der Waals surface area contributed by atoms with Gasteiger partial charge >= 0.3 is 6.01 Å². The maximum atomic E-state index is 13.3. The van der Waals surface area contributed by atoms with Crippen LogP contribution < -0.4 is 9.47 Å². The molecule has 0 bridgehead atoms. The lowest BCUT2D eigenvalue weighted by Gasteiger charge is -2.07. The minimum atomic E-state index is -0.318. The number of hydrogen-bond acceptors (Lipinski definition) is 4. The largest absolute Gasteiger partial charge is 0.480 e. The van der Waals surface area contributed by atoms with Crippen molar-refractivity contribution in [2.75, 3.05) is 7.11 Å². The summed E-state index contributed by atoms with van der Waals surface area (Å²) in [5.74, 6) is 0.0510. The number of nitrogens with zero attached hydrogens (tertiary/aromatic N) is 2. The van der Waals surface area contributed by atoms with Gasteiger partial charge in [0.15, 0.2) is 0 Å². The van der Waals surface area contributed by atoms with E-state index in [4.69, 9.17) is 9.47 Å². The van der Waals surface area contributed by atoms with Crippen LogP contribution in [0.2, 0.25) is 0 Å². The average molecular weight is 313 g/mol. The molecule has 0 aliphatic carbocycles. The molecule has 0 radical (unpaired) electrons. The molecule has 1 aromatic heterocycles. The molecular formula is C12H10BrFN2O2. The molecule has 2 aromatic rings. The summed E-state index contributed by atoms with van der Waals surface area (Å²) in [5.41, 5.74) is 0.447. The van der Waals surface area contributed by atoms with Gasteiger partial charge in [0.25, 0.3) is 0 Å². The van der Waals surface area contributed by atoms with Gasteiger partial charge in [0, 0.05) is 5.56 Å². The summed E-state index contributed by atoms with van der Waals surface area (Å²) in [6.45, 7) is 0.0669. The van der Waals surface area contributed by atoms with E-state index in [1.807, 2.05) is 0 Å². The Morgan fingerprint density at radius 3 is 2.83 bits per heavy atom. The Balaban J connectivity index is 2.09. The normalized spacial score (nSPS) is 10.2. The first-order valence-electron chi connectivity index (χ1n) is 5.13. The molecule has 0 saturated heterocycles. The fraction of sp³-hybridized carbons (Fsp3) is 0.167. The lowest BCUT2D eigenvalue weighted by Crippen LogP contribution is -2.02. The summed E-state index contributed by atoms with van der Waals surface area (Å²) in [6, 6.07) is 6.52. The van der Waals surface area contributed by atoms with Crippen LogP contribution in [0.1, 0.15) is 5.56 Å². The van der Waals surface area contributed by atoms with Gasteiger partial charge in [-0.3, -0.25) is 0 Å². The van der Waals surface area contributed by atoms with Gasteiger partial charge in [0.2, 0.25) is 5.88 Å². The van der Waals surface area contributed by atoms with Crippen LogP contribution >= 0.6 is 15.9 Å². The van der Waals surface area contributed by atoms with Crippen molar-refractivity contribution < 1.29 is 13.9 Å². The molecule has 0 atom stereocenters. The van der Waals surface area contributed by atoms with Crippen molar-refractivity contribution in [3.8, 4) is 11.9 Å². The minimum absolute atomic E-state index is 0.0669. The van der Waals surface area contributed by atoms with Crippen LogP contribution in [0.4, 0.5) is 4.39 Å². The fourth-order valence-electron chi connectivity index (χ4n) is 1.31. The molecule has 0 aliphatic rings. The molecule has 6 heteroatoms. The number of benzene rings is 1. The third-order valence-electron chi connectivity index (χ3n) is 2.20. The van der Waals surface area contributed by atoms with Crippen molar-refractivity contribution in [2.24, 2.45) is 0 Å². The van der Waals surface area contributed by atoms with Crippen LogP contribution in [0.25, 0.3) is 0 Å². The maximum absolute atomic E-state index is 13.3. The summed E-state index contributed by atoms with van der Waals surface area (Å²) >= 11 is 3.23. The SMILES string of the molecule is COc1nc(OCc2ccccc2F)ncc1Br. The Bertz CT molecular complexity index is 551. The minimum Gasteiger partial charge on any atom is -0.480 e. The van der Waals surface area contributed by atoms with Crippen LogP contribution in [0.5, 0.6) is 11.9 Å². The zero-order chi connectivity index (χ0) is 13.0. The quantitative estimate of drug-likeness (QED) is 0.870. The number of hydrogen-bond donors (Lipinski definition) is 0. The zero-order valence-corrected chi connectivity index (χ0v) is 11.1. The average Bonchev–Trinajstić information content (AvgIpc) is 2.39. The summed E-state index contributed by atoms with van der Waals surface area (Å²) < 4.78 is 24.3. The van der Waals surface area contributed by atoms with Gasteiger partial charge < -0.3 is 9.47 Å². The Morgan fingerprint density at radius 1 is 1.33 bits per heavy atom. The standard InChI is InChI=1S/C12H10BrFN2O2/c1-17-11-9(13)6-15-12(16-11)18-7-8-4-2-3-5-10(8)14/h2-6H,7H2,1H3. The predicted molar refractivity (Wildman–Crippen MR) is 67.0 cm³/mol. The number of ether oxygens (including phenoxy) is 2. The smallest absolute Gasteiger partial charge is 0.320 e. The molecule has 2 rings (SSSR count). The Labute approximate surface area is 112 Å². The van der Waals surface area contributed by atoms with E-state index in [0.717, 1.165) is 0 Å². The van der Waals surface area contributed by atoms with Crippen molar-refractivity contribution in [2.45, 2.75) is 6.61 Å². The predicted octanol–water partition coefficient (Wildman–Crippen LogP) is 2.97. The number of rotatable bonds is 4. The van der Waals surface area contributed by atoms with E-state index >= 15 is 0 Å². The van der Waals surface area contributed by atoms with Crippen LogP contribution in [0.15, 0.2) is 34.9 Å². The van der Waals surface area contributed by atoms with Crippen molar-refractivity contribution in [1.29, 1.82) is 0 Å². The summed E-state index contributed by atoms with van der Waals surface area (Å²) in [4.78, 5) is 7.96. The van der Waals surface area contributed by atoms with Crippen molar-refractivity contribution in [3.05, 3.63) is 46.3 Å². The van der Waals surface area contributed by atoms with Crippen molar-refractivity contribution in [1.82, 2.24) is 9.97 Å². The van der Waals surface area contributed by atoms with E-state index in [0.29, 0.717) is 15.9 Å². The van der Waals surface area contributed by atoms with Crippen molar-refractivity contribution in [3.63, 3.8) is 0 Å². The van der Waals surface area contributed by atoms with Gasteiger partial charge in [-0.1, -0.05) is 18.2 Å². The summed E-state index contributed by atoms with van der Waals surface area (Å²) in [7, 11) is 1.49. The molecular weight excluding hydrogens is 303 g/mol. The molecule has 94 valence electrons. The maximum Gasteiger partial charge on any atom is 0.320 e. The molecule has 0 amide bonds. The summed E-state index contributed by atoms with van der Waals surface area (Å²) in [5, 5.41) is 0. The van der Waals surface area contributed by atoms with E-state index < -0.39 is 0 Å². The second kappa shape index (κ2) is 5.77. The third-order valence-corrected chi connectivity index (χ3v) is 2.74. The van der Waals surface area contributed by atoms with Gasteiger partial charge in [0.05, 0.1) is 17.8 Å². The molecule has 0 saturated carbocycles. The molecule has 0 spiro atoms. The molecule has 18 heavy (non-hydrogen) atoms. The van der Waals surface area contributed by atoms with Gasteiger partial charge in [-0.25, -0.2) is 9.37 Å². The molecule has 1 aromatic carbocycles. The van der Waals surface area contributed by atoms with Gasteiger partial charge in [-0.05, 0) is 22.0 Å². The first-order valence-corrected chi connectivity index (χ1v) is 5.92. The third kappa shape index (κ3) is 2.95. The highest BCUT2D eigenvalue weighted by atomic mass is 79.9. The van der Waals surface area contributed by atoms with Gasteiger partial charge in [-0.2, -0.15) is 4.98 Å². The monoisotopic (exact) mass is 312 g/mol. The first kappa shape index (κ1) is 12.8. The van der Waals surface area contributed by atoms with Crippen molar-refractivity contribution >= 4 is 15.9 Å². The Hall–Kier alpha value is -1.69. The van der Waals surface area contributed by atoms with E-state index in [-0.39, 0.29) is 18.4 Å². The molecule has 0 fully saturated rings. The molecule has 0 N–H and O–H groups in total. The van der Waals surface area contributed by atoms with E-state index in [9.17, 15) is 4.39 Å². The molecule has 0 aliphatic heterocycles. The van der Waals surface area contributed by atoms with Crippen LogP contribution in [-0.4, -0.2) is 17.1 Å². The van der Waals surface area contributed by atoms with Crippen LogP contribution in [-0.2, 0) is 6.61 Å². The van der Waals surface area contributed by atoms with Crippen LogP contribution in [0, 0.1) is 5.82 Å². The lowest BCUT2D eigenvalue weighted by molar-refractivity contribution is 0.268. The Kier molecular flexibility index (Phi) is 4.09. The fourth-order valence-corrected chi connectivity index (χ4v) is 1.66. The second-order valence-corrected chi connectivity index (χ2v) is 4.24. The number of methoxy groups -OCH3 is 1. The Morgan fingerprint density at radius 2 is 2.11 bits per heavy atom. The van der Waals surface area contributed by atoms with Gasteiger partial charge in [0.1, 0.15) is 12.4 Å². The highest BCUT2D eigenvalue weighted by molar-refractivity contribution is 9.10. The lowest BCUT2D eigenvalue weighted by atomic mass is 10.2.